The Hall–Kier alpha value is -1.89. The van der Waals surface area contributed by atoms with Crippen LogP contribution in [0.3, 0.4) is 0 Å². The molecule has 0 radical (unpaired) electrons. The average Bonchev–Trinajstić information content (AvgIpc) is 2.38. The number of hydrogen-bond donors (Lipinski definition) is 2. The third kappa shape index (κ3) is 3.11. The molecule has 5 nitrogen and oxygen atoms in total. The molecule has 0 saturated heterocycles. The van der Waals surface area contributed by atoms with E-state index in [1.165, 1.54) is 20.1 Å². The molecule has 1 aromatic carbocycles. The third-order valence-corrected chi connectivity index (χ3v) is 2.50. The second kappa shape index (κ2) is 5.83. The van der Waals surface area contributed by atoms with E-state index in [1.54, 1.807) is 0 Å². The molecule has 0 bridgehead atoms. The van der Waals surface area contributed by atoms with Gasteiger partial charge in [-0.3, -0.25) is 0 Å². The summed E-state index contributed by atoms with van der Waals surface area (Å²) < 4.78 is 36.5. The molecule has 0 heterocycles. The van der Waals surface area contributed by atoms with Crippen LogP contribution < -0.4 is 10.5 Å². The predicted molar refractivity (Wildman–Crippen MR) is 63.2 cm³/mol. The number of nitrogens with two attached hydrogens (primary N) is 1. The van der Waals surface area contributed by atoms with Crippen LogP contribution in [0.4, 0.5) is 8.78 Å². The average molecular weight is 275 g/mol. The van der Waals surface area contributed by atoms with Gasteiger partial charge in [0.15, 0.2) is 11.5 Å². The maximum absolute atomic E-state index is 13.7. The number of alkyl halides is 2. The number of esters is 1. The molecule has 1 aromatic rings. The molecule has 106 valence electrons. The normalized spacial score (nSPS) is 12.9. The Balaban J connectivity index is 3.05. The van der Waals surface area contributed by atoms with Gasteiger partial charge in [0.25, 0.3) is 0 Å². The minimum atomic E-state index is -3.86. The highest BCUT2D eigenvalue weighted by molar-refractivity contribution is 5.79. The smallest absolute Gasteiger partial charge is 0.379 e. The molecule has 0 aliphatic rings. The van der Waals surface area contributed by atoms with Gasteiger partial charge in [0.1, 0.15) is 6.04 Å². The molecule has 3 N–H and O–H groups in total. The summed E-state index contributed by atoms with van der Waals surface area (Å²) in [7, 11) is 1.27. The number of hydrogen-bond acceptors (Lipinski definition) is 5. The second-order valence-corrected chi connectivity index (χ2v) is 3.75. The molecular weight excluding hydrogens is 260 g/mol. The van der Waals surface area contributed by atoms with Crippen molar-refractivity contribution < 1.29 is 28.2 Å². The first-order chi connectivity index (χ1) is 8.84. The van der Waals surface area contributed by atoms with E-state index in [0.717, 1.165) is 12.1 Å². The summed E-state index contributed by atoms with van der Waals surface area (Å²) in [5, 5.41) is 9.37. The van der Waals surface area contributed by atoms with Gasteiger partial charge in [-0.05, 0) is 24.6 Å². The number of phenolic OH excluding ortho intramolecular Hbond substituents is 1. The monoisotopic (exact) mass is 275 g/mol. The fourth-order valence-corrected chi connectivity index (χ4v) is 1.45. The molecular formula is C12H15F2NO4. The maximum atomic E-state index is 13.7. The molecule has 0 spiro atoms. The number of aromatic hydroxyl groups is 1. The molecule has 0 fully saturated rings. The van der Waals surface area contributed by atoms with Gasteiger partial charge in [0.2, 0.25) is 0 Å². The zero-order chi connectivity index (χ0) is 14.6. The molecule has 1 atom stereocenters. The zero-order valence-electron chi connectivity index (χ0n) is 10.5. The van der Waals surface area contributed by atoms with Crippen LogP contribution in [0.5, 0.6) is 11.5 Å². The van der Waals surface area contributed by atoms with Crippen LogP contribution in [0, 0.1) is 0 Å². The number of rotatable bonds is 5. The minimum Gasteiger partial charge on any atom is -0.504 e. The maximum Gasteiger partial charge on any atom is 0.379 e. The Morgan fingerprint density at radius 1 is 1.53 bits per heavy atom. The minimum absolute atomic E-state index is 0.00684. The third-order valence-electron chi connectivity index (χ3n) is 2.50. The van der Waals surface area contributed by atoms with Crippen LogP contribution >= 0.6 is 0 Å². The van der Waals surface area contributed by atoms with Gasteiger partial charge in [-0.15, -0.1) is 0 Å². The molecule has 19 heavy (non-hydrogen) atoms. The molecule has 0 aromatic heterocycles. The second-order valence-electron chi connectivity index (χ2n) is 3.75. The Morgan fingerprint density at radius 3 is 2.68 bits per heavy atom. The van der Waals surface area contributed by atoms with Crippen molar-refractivity contribution in [2.45, 2.75) is 18.9 Å². The van der Waals surface area contributed by atoms with E-state index in [0.29, 0.717) is 0 Å². The highest BCUT2D eigenvalue weighted by Crippen LogP contribution is 2.35. The standard InChI is InChI=1S/C12H15F2NO4/c1-3-19-11(17)12(13,14)10(15)7-4-5-8(16)9(6-7)18-2/h4-6,10,16H,3,15H2,1-2H3/t10-/m1/s1. The lowest BCUT2D eigenvalue weighted by atomic mass is 10.0. The largest absolute Gasteiger partial charge is 0.504 e. The van der Waals surface area contributed by atoms with Crippen molar-refractivity contribution in [3.05, 3.63) is 23.8 Å². The van der Waals surface area contributed by atoms with Gasteiger partial charge in [0.05, 0.1) is 13.7 Å². The summed E-state index contributed by atoms with van der Waals surface area (Å²) in [6.45, 7) is 1.25. The number of carbonyl (C=O) groups excluding carboxylic acids is 1. The fraction of sp³-hybridized carbons (Fsp3) is 0.417. The first-order valence-corrected chi connectivity index (χ1v) is 5.52. The van der Waals surface area contributed by atoms with Crippen LogP contribution in [-0.4, -0.2) is 30.7 Å². The van der Waals surface area contributed by atoms with E-state index in [9.17, 15) is 18.7 Å². The fourth-order valence-electron chi connectivity index (χ4n) is 1.45. The lowest BCUT2D eigenvalue weighted by molar-refractivity contribution is -0.174. The molecule has 1 rings (SSSR count). The van der Waals surface area contributed by atoms with E-state index in [-0.39, 0.29) is 23.7 Å². The van der Waals surface area contributed by atoms with Gasteiger partial charge < -0.3 is 20.3 Å². The number of ether oxygens (including phenoxy) is 2. The summed E-state index contributed by atoms with van der Waals surface area (Å²) >= 11 is 0. The van der Waals surface area contributed by atoms with Crippen molar-refractivity contribution in [2.75, 3.05) is 13.7 Å². The summed E-state index contributed by atoms with van der Waals surface area (Å²) in [6, 6.07) is 1.61. The van der Waals surface area contributed by atoms with Crippen LogP contribution in [-0.2, 0) is 9.53 Å². The SMILES string of the molecule is CCOC(=O)C(F)(F)[C@H](N)c1ccc(O)c(OC)c1. The quantitative estimate of drug-likeness (QED) is 0.798. The highest BCUT2D eigenvalue weighted by Gasteiger charge is 2.47. The lowest BCUT2D eigenvalue weighted by Gasteiger charge is -2.22. The predicted octanol–water partition coefficient (Wildman–Crippen LogP) is 1.60. The van der Waals surface area contributed by atoms with Gasteiger partial charge in [-0.2, -0.15) is 8.78 Å². The highest BCUT2D eigenvalue weighted by atomic mass is 19.3. The Labute approximate surface area is 108 Å². The van der Waals surface area contributed by atoms with Crippen molar-refractivity contribution in [1.82, 2.24) is 0 Å². The Kier molecular flexibility index (Phi) is 4.66. The van der Waals surface area contributed by atoms with E-state index < -0.39 is 17.9 Å². The Bertz CT molecular complexity index is 465. The summed E-state index contributed by atoms with van der Waals surface area (Å²) in [6.07, 6.45) is 0. The number of benzene rings is 1. The zero-order valence-corrected chi connectivity index (χ0v) is 10.5. The van der Waals surface area contributed by atoms with Gasteiger partial charge in [-0.1, -0.05) is 6.07 Å². The van der Waals surface area contributed by atoms with Crippen LogP contribution in [0.1, 0.15) is 18.5 Å². The van der Waals surface area contributed by atoms with Crippen LogP contribution in [0.15, 0.2) is 18.2 Å². The molecule has 0 unspecified atom stereocenters. The van der Waals surface area contributed by atoms with Crippen molar-refractivity contribution in [2.24, 2.45) is 5.73 Å². The number of halogens is 2. The topological polar surface area (TPSA) is 81.8 Å². The number of methoxy groups -OCH3 is 1. The molecule has 7 heteroatoms. The van der Waals surface area contributed by atoms with Crippen molar-refractivity contribution in [3.8, 4) is 11.5 Å². The van der Waals surface area contributed by atoms with Crippen molar-refractivity contribution >= 4 is 5.97 Å². The van der Waals surface area contributed by atoms with Gasteiger partial charge in [-0.25, -0.2) is 4.79 Å². The van der Waals surface area contributed by atoms with E-state index in [1.807, 2.05) is 0 Å². The lowest BCUT2D eigenvalue weighted by Crippen LogP contribution is -2.41. The molecule has 0 amide bonds. The molecule has 0 aliphatic carbocycles. The van der Waals surface area contributed by atoms with Crippen LogP contribution in [0.2, 0.25) is 0 Å². The van der Waals surface area contributed by atoms with E-state index >= 15 is 0 Å². The first kappa shape index (κ1) is 15.2. The van der Waals surface area contributed by atoms with E-state index in [4.69, 9.17) is 10.5 Å². The number of carbonyl (C=O) groups is 1. The van der Waals surface area contributed by atoms with E-state index in [2.05, 4.69) is 4.74 Å². The van der Waals surface area contributed by atoms with Crippen molar-refractivity contribution in [3.63, 3.8) is 0 Å². The summed E-state index contributed by atoms with van der Waals surface area (Å²) in [5.74, 6) is -5.77. The summed E-state index contributed by atoms with van der Waals surface area (Å²) in [5.41, 5.74) is 5.34. The van der Waals surface area contributed by atoms with Gasteiger partial charge in [0, 0.05) is 0 Å². The number of phenols is 1. The molecule has 0 aliphatic heterocycles. The molecule has 0 saturated carbocycles. The van der Waals surface area contributed by atoms with Crippen LogP contribution in [0.25, 0.3) is 0 Å². The van der Waals surface area contributed by atoms with Gasteiger partial charge >= 0.3 is 11.9 Å². The van der Waals surface area contributed by atoms with Crippen molar-refractivity contribution in [1.29, 1.82) is 0 Å². The Morgan fingerprint density at radius 2 is 2.16 bits per heavy atom. The summed E-state index contributed by atoms with van der Waals surface area (Å²) in [4.78, 5) is 11.2. The first-order valence-electron chi connectivity index (χ1n) is 5.52.